The number of rotatable bonds is 14. The summed E-state index contributed by atoms with van der Waals surface area (Å²) in [5.74, 6) is -1.16. The Hall–Kier alpha value is -3.21. The fraction of sp³-hybridized carbons (Fsp3) is 0.609. The van der Waals surface area contributed by atoms with Crippen molar-refractivity contribution in [3.05, 3.63) is 55.8 Å². The van der Waals surface area contributed by atoms with Crippen LogP contribution in [0.15, 0.2) is 38.7 Å². The molecule has 34 heavy (non-hydrogen) atoms. The Balaban J connectivity index is 3.10. The van der Waals surface area contributed by atoms with Crippen molar-refractivity contribution in [2.45, 2.75) is 90.6 Å². The Bertz CT molecular complexity index is 993. The highest BCUT2D eigenvalue weighted by Crippen LogP contribution is 2.30. The molecule has 0 aliphatic rings. The summed E-state index contributed by atoms with van der Waals surface area (Å²) in [6.07, 6.45) is -0.0703. The first-order chi connectivity index (χ1) is 15.8. The molecule has 3 N–H and O–H groups in total. The van der Waals surface area contributed by atoms with Crippen molar-refractivity contribution in [3.8, 4) is 0 Å². The van der Waals surface area contributed by atoms with E-state index in [2.05, 4.69) is 13.2 Å². The van der Waals surface area contributed by atoms with E-state index in [0.29, 0.717) is 12.8 Å². The Morgan fingerprint density at radius 3 is 1.71 bits per heavy atom. The lowest BCUT2D eigenvalue weighted by atomic mass is 9.84. The number of hydrogen-bond acceptors (Lipinski definition) is 8. The molecule has 0 saturated carbocycles. The number of nitrogens with zero attached hydrogens (tertiary/aromatic N) is 1. The molecule has 11 nitrogen and oxygen atoms in total. The van der Waals surface area contributed by atoms with Crippen molar-refractivity contribution in [2.24, 2.45) is 0 Å². The van der Waals surface area contributed by atoms with Crippen molar-refractivity contribution >= 4 is 11.9 Å². The van der Waals surface area contributed by atoms with E-state index in [1.165, 1.54) is 13.8 Å². The summed E-state index contributed by atoms with van der Waals surface area (Å²) in [6, 6.07) is 0. The highest BCUT2D eigenvalue weighted by molar-refractivity contribution is 5.87. The second-order valence-corrected chi connectivity index (χ2v) is 8.51. The predicted octanol–water partition coefficient (Wildman–Crippen LogP) is 1.31. The molecule has 0 aliphatic heterocycles. The minimum atomic E-state index is -1.45. The van der Waals surface area contributed by atoms with Gasteiger partial charge in [-0.15, -0.1) is 0 Å². The van der Waals surface area contributed by atoms with Crippen LogP contribution in [-0.2, 0) is 25.6 Å². The maximum absolute atomic E-state index is 12.0. The van der Waals surface area contributed by atoms with E-state index < -0.39 is 46.8 Å². The van der Waals surface area contributed by atoms with Gasteiger partial charge in [-0.25, -0.2) is 28.5 Å². The first-order valence-electron chi connectivity index (χ1n) is 11.2. The fourth-order valence-electron chi connectivity index (χ4n) is 3.40. The molecule has 1 aromatic rings. The van der Waals surface area contributed by atoms with Crippen LogP contribution >= 0.6 is 0 Å². The van der Waals surface area contributed by atoms with E-state index >= 15 is 0 Å². The van der Waals surface area contributed by atoms with Crippen molar-refractivity contribution in [2.75, 3.05) is 0 Å². The van der Waals surface area contributed by atoms with Gasteiger partial charge in [0.2, 0.25) is 0 Å². The number of aliphatic hydroxyl groups is 1. The Labute approximate surface area is 197 Å². The standard InChI is InChI=1S/C23H35N3O8/c1-7-16(33-18(27)14(3)4)12-23(32,13-17(8-2)34-19(28)15(5)6)10-9-11-26-21(30)24-20(29)25-22(26)31/h16-17,32H,3,5,7-13H2,1-2,4,6H3,(H2,24,25,29,30,31). The molecule has 190 valence electrons. The lowest BCUT2D eigenvalue weighted by molar-refractivity contribution is -0.152. The van der Waals surface area contributed by atoms with Gasteiger partial charge in [0.15, 0.2) is 0 Å². The summed E-state index contributed by atoms with van der Waals surface area (Å²) >= 11 is 0. The summed E-state index contributed by atoms with van der Waals surface area (Å²) in [5, 5.41) is 11.5. The van der Waals surface area contributed by atoms with Crippen LogP contribution < -0.4 is 17.1 Å². The van der Waals surface area contributed by atoms with Crippen LogP contribution in [0.5, 0.6) is 0 Å². The quantitative estimate of drug-likeness (QED) is 0.265. The van der Waals surface area contributed by atoms with E-state index in [9.17, 15) is 29.1 Å². The van der Waals surface area contributed by atoms with Crippen molar-refractivity contribution in [1.29, 1.82) is 0 Å². The van der Waals surface area contributed by atoms with Gasteiger partial charge in [0.05, 0.1) is 5.60 Å². The SMILES string of the molecule is C=C(C)C(=O)OC(CC)CC(O)(CCCn1c(=O)[nH]c(=O)[nH]c1=O)CC(CC)OC(=O)C(=C)C. The van der Waals surface area contributed by atoms with Gasteiger partial charge in [0.1, 0.15) is 12.2 Å². The molecule has 0 radical (unpaired) electrons. The number of aromatic amines is 2. The van der Waals surface area contributed by atoms with Gasteiger partial charge in [-0.05, 0) is 39.5 Å². The lowest BCUT2D eigenvalue weighted by Gasteiger charge is -2.34. The van der Waals surface area contributed by atoms with E-state index in [1.807, 2.05) is 9.97 Å². The molecular formula is C23H35N3O8. The molecule has 2 atom stereocenters. The average Bonchev–Trinajstić information content (AvgIpc) is 2.74. The molecular weight excluding hydrogens is 446 g/mol. The third-order valence-electron chi connectivity index (χ3n) is 5.33. The molecule has 2 unspecified atom stereocenters. The minimum Gasteiger partial charge on any atom is -0.459 e. The normalized spacial score (nSPS) is 14.5. The molecule has 1 heterocycles. The average molecular weight is 482 g/mol. The summed E-state index contributed by atoms with van der Waals surface area (Å²) in [5.41, 5.74) is -3.63. The molecule has 0 spiro atoms. The van der Waals surface area contributed by atoms with Gasteiger partial charge in [-0.3, -0.25) is 9.97 Å². The largest absolute Gasteiger partial charge is 0.459 e. The van der Waals surface area contributed by atoms with Crippen LogP contribution in [0, 0.1) is 0 Å². The van der Waals surface area contributed by atoms with Crippen molar-refractivity contribution in [1.82, 2.24) is 14.5 Å². The number of ether oxygens (including phenoxy) is 2. The summed E-state index contributed by atoms with van der Waals surface area (Å²) in [7, 11) is 0. The fourth-order valence-corrected chi connectivity index (χ4v) is 3.40. The summed E-state index contributed by atoms with van der Waals surface area (Å²) in [6.45, 7) is 13.7. The molecule has 11 heteroatoms. The van der Waals surface area contributed by atoms with E-state index in [1.54, 1.807) is 13.8 Å². The molecule has 0 bridgehead atoms. The van der Waals surface area contributed by atoms with Crippen molar-refractivity contribution < 1.29 is 24.2 Å². The van der Waals surface area contributed by atoms with E-state index in [4.69, 9.17) is 9.47 Å². The number of hydrogen-bond donors (Lipinski definition) is 3. The first kappa shape index (κ1) is 28.8. The van der Waals surface area contributed by atoms with Gasteiger partial charge in [-0.2, -0.15) is 0 Å². The maximum Gasteiger partial charge on any atom is 0.333 e. The summed E-state index contributed by atoms with van der Waals surface area (Å²) in [4.78, 5) is 63.0. The van der Waals surface area contributed by atoms with Crippen LogP contribution in [-0.4, -0.2) is 49.4 Å². The Morgan fingerprint density at radius 2 is 1.35 bits per heavy atom. The number of H-pyrrole nitrogens is 2. The molecule has 0 aliphatic carbocycles. The first-order valence-corrected chi connectivity index (χ1v) is 11.2. The Morgan fingerprint density at radius 1 is 0.941 bits per heavy atom. The number of esters is 2. The van der Waals surface area contributed by atoms with Gasteiger partial charge in [0.25, 0.3) is 0 Å². The third-order valence-corrected chi connectivity index (χ3v) is 5.33. The maximum atomic E-state index is 12.0. The lowest BCUT2D eigenvalue weighted by Crippen LogP contribution is -2.44. The van der Waals surface area contributed by atoms with Crippen LogP contribution in [0.3, 0.4) is 0 Å². The second-order valence-electron chi connectivity index (χ2n) is 8.51. The highest BCUT2D eigenvalue weighted by Gasteiger charge is 2.35. The smallest absolute Gasteiger partial charge is 0.333 e. The minimum absolute atomic E-state index is 0.0422. The molecule has 0 saturated heterocycles. The number of carbonyl (C=O) groups excluding carboxylic acids is 2. The van der Waals surface area contributed by atoms with Gasteiger partial charge in [-0.1, -0.05) is 27.0 Å². The molecule has 0 amide bonds. The van der Waals surface area contributed by atoms with E-state index in [0.717, 1.165) is 4.57 Å². The summed E-state index contributed by atoms with van der Waals surface area (Å²) < 4.78 is 11.7. The van der Waals surface area contributed by atoms with E-state index in [-0.39, 0.29) is 43.4 Å². The zero-order chi connectivity index (χ0) is 26.1. The number of nitrogens with one attached hydrogen (secondary N) is 2. The van der Waals surface area contributed by atoms with Gasteiger partial charge >= 0.3 is 29.0 Å². The molecule has 1 aromatic heterocycles. The third kappa shape index (κ3) is 8.97. The number of aromatic nitrogens is 3. The van der Waals surface area contributed by atoms with Crippen LogP contribution in [0.1, 0.15) is 66.2 Å². The number of carbonyl (C=O) groups is 2. The van der Waals surface area contributed by atoms with Gasteiger partial charge < -0.3 is 14.6 Å². The zero-order valence-corrected chi connectivity index (χ0v) is 20.3. The molecule has 0 aromatic carbocycles. The monoisotopic (exact) mass is 481 g/mol. The topological polar surface area (TPSA) is 161 Å². The highest BCUT2D eigenvalue weighted by atomic mass is 16.5. The second kappa shape index (κ2) is 12.9. The molecule has 0 fully saturated rings. The zero-order valence-electron chi connectivity index (χ0n) is 20.3. The van der Waals surface area contributed by atoms with Crippen LogP contribution in [0.2, 0.25) is 0 Å². The predicted molar refractivity (Wildman–Crippen MR) is 125 cm³/mol. The Kier molecular flexibility index (Phi) is 10.9. The van der Waals surface area contributed by atoms with Crippen molar-refractivity contribution in [3.63, 3.8) is 0 Å². The molecule has 1 rings (SSSR count). The van der Waals surface area contributed by atoms with Gasteiger partial charge in [0, 0.05) is 30.5 Å². The van der Waals surface area contributed by atoms with Crippen LogP contribution in [0.4, 0.5) is 0 Å². The van der Waals surface area contributed by atoms with Crippen LogP contribution in [0.25, 0.3) is 0 Å².